The van der Waals surface area contributed by atoms with Gasteiger partial charge in [0, 0.05) is 17.7 Å². The Morgan fingerprint density at radius 1 is 1.29 bits per heavy atom. The number of nitrogens with two attached hydrogens (primary N) is 1. The zero-order valence-corrected chi connectivity index (χ0v) is 10.0. The van der Waals surface area contributed by atoms with Gasteiger partial charge in [-0.05, 0) is 12.8 Å². The standard InChI is InChI=1S/C13H18FNO2/c1-17-11-8-9(14)7-10(16)12(11)13(15)5-3-2-4-6-13/h7-8,16H,2-6,15H2,1H3. The molecule has 0 saturated heterocycles. The molecule has 1 aliphatic rings. The summed E-state index contributed by atoms with van der Waals surface area (Å²) in [5.41, 5.74) is 6.29. The molecule has 1 aliphatic carbocycles. The lowest BCUT2D eigenvalue weighted by Gasteiger charge is -2.35. The van der Waals surface area contributed by atoms with E-state index in [-0.39, 0.29) is 5.75 Å². The average molecular weight is 239 g/mol. The Morgan fingerprint density at radius 3 is 2.53 bits per heavy atom. The third-order valence-electron chi connectivity index (χ3n) is 3.51. The molecular weight excluding hydrogens is 221 g/mol. The minimum atomic E-state index is -0.596. The molecule has 1 fully saturated rings. The van der Waals surface area contributed by atoms with Crippen LogP contribution in [0, 0.1) is 5.82 Å². The molecule has 0 bridgehead atoms. The molecular formula is C13H18FNO2. The third kappa shape index (κ3) is 2.22. The van der Waals surface area contributed by atoms with Crippen LogP contribution in [-0.2, 0) is 5.54 Å². The molecule has 17 heavy (non-hydrogen) atoms. The number of methoxy groups -OCH3 is 1. The molecule has 0 atom stereocenters. The number of rotatable bonds is 2. The van der Waals surface area contributed by atoms with Crippen molar-refractivity contribution in [1.82, 2.24) is 0 Å². The number of aromatic hydroxyl groups is 1. The summed E-state index contributed by atoms with van der Waals surface area (Å²) >= 11 is 0. The van der Waals surface area contributed by atoms with Gasteiger partial charge in [0.05, 0.1) is 12.7 Å². The van der Waals surface area contributed by atoms with E-state index in [4.69, 9.17) is 10.5 Å². The second kappa shape index (κ2) is 4.53. The fourth-order valence-corrected chi connectivity index (χ4v) is 2.66. The summed E-state index contributed by atoms with van der Waals surface area (Å²) in [6.45, 7) is 0. The van der Waals surface area contributed by atoms with Gasteiger partial charge in [-0.1, -0.05) is 19.3 Å². The molecule has 0 aliphatic heterocycles. The van der Waals surface area contributed by atoms with Crippen molar-refractivity contribution in [1.29, 1.82) is 0 Å². The number of phenols is 1. The smallest absolute Gasteiger partial charge is 0.130 e. The molecule has 0 radical (unpaired) electrons. The Hall–Kier alpha value is -1.29. The van der Waals surface area contributed by atoms with Crippen LogP contribution in [0.5, 0.6) is 11.5 Å². The Labute approximate surface area is 100 Å². The van der Waals surface area contributed by atoms with Gasteiger partial charge in [-0.2, -0.15) is 0 Å². The van der Waals surface area contributed by atoms with E-state index < -0.39 is 11.4 Å². The first-order valence-electron chi connectivity index (χ1n) is 5.93. The van der Waals surface area contributed by atoms with Gasteiger partial charge in [0.25, 0.3) is 0 Å². The molecule has 4 heteroatoms. The molecule has 94 valence electrons. The molecule has 1 saturated carbocycles. The molecule has 1 aromatic carbocycles. The quantitative estimate of drug-likeness (QED) is 0.834. The van der Waals surface area contributed by atoms with Gasteiger partial charge >= 0.3 is 0 Å². The second-order valence-electron chi connectivity index (χ2n) is 4.72. The van der Waals surface area contributed by atoms with Gasteiger partial charge in [-0.25, -0.2) is 4.39 Å². The maximum atomic E-state index is 13.2. The largest absolute Gasteiger partial charge is 0.507 e. The van der Waals surface area contributed by atoms with Gasteiger partial charge < -0.3 is 15.6 Å². The number of ether oxygens (including phenoxy) is 1. The highest BCUT2D eigenvalue weighted by Crippen LogP contribution is 2.44. The zero-order chi connectivity index (χ0) is 12.5. The minimum Gasteiger partial charge on any atom is -0.507 e. The van der Waals surface area contributed by atoms with Gasteiger partial charge in [0.15, 0.2) is 0 Å². The SMILES string of the molecule is COc1cc(F)cc(O)c1C1(N)CCCCC1. The summed E-state index contributed by atoms with van der Waals surface area (Å²) in [6.07, 6.45) is 4.79. The van der Waals surface area contributed by atoms with Crippen LogP contribution in [0.4, 0.5) is 4.39 Å². The third-order valence-corrected chi connectivity index (χ3v) is 3.51. The molecule has 0 unspecified atom stereocenters. The van der Waals surface area contributed by atoms with E-state index in [1.54, 1.807) is 0 Å². The van der Waals surface area contributed by atoms with Crippen molar-refractivity contribution in [3.05, 3.63) is 23.5 Å². The molecule has 0 heterocycles. The van der Waals surface area contributed by atoms with E-state index in [0.717, 1.165) is 38.2 Å². The molecule has 0 amide bonds. The summed E-state index contributed by atoms with van der Waals surface area (Å²) in [5, 5.41) is 9.92. The summed E-state index contributed by atoms with van der Waals surface area (Å²) in [5.74, 6) is -0.277. The molecule has 0 spiro atoms. The Kier molecular flexibility index (Phi) is 3.24. The Balaban J connectivity index is 2.49. The van der Waals surface area contributed by atoms with Gasteiger partial charge in [-0.15, -0.1) is 0 Å². The average Bonchev–Trinajstić information content (AvgIpc) is 2.28. The minimum absolute atomic E-state index is 0.105. The van der Waals surface area contributed by atoms with Crippen molar-refractivity contribution < 1.29 is 14.2 Å². The summed E-state index contributed by atoms with van der Waals surface area (Å²) in [4.78, 5) is 0. The lowest BCUT2D eigenvalue weighted by Crippen LogP contribution is -2.39. The van der Waals surface area contributed by atoms with Crippen LogP contribution in [0.3, 0.4) is 0 Å². The van der Waals surface area contributed by atoms with Crippen LogP contribution in [0.2, 0.25) is 0 Å². The lowest BCUT2D eigenvalue weighted by molar-refractivity contribution is 0.277. The van der Waals surface area contributed by atoms with Crippen LogP contribution in [-0.4, -0.2) is 12.2 Å². The van der Waals surface area contributed by atoms with Gasteiger partial charge in [0.2, 0.25) is 0 Å². The topological polar surface area (TPSA) is 55.5 Å². The fraction of sp³-hybridized carbons (Fsp3) is 0.538. The van der Waals surface area contributed by atoms with Gasteiger partial charge in [0.1, 0.15) is 17.3 Å². The second-order valence-corrected chi connectivity index (χ2v) is 4.72. The van der Waals surface area contributed by atoms with Crippen LogP contribution in [0.15, 0.2) is 12.1 Å². The molecule has 3 N–H and O–H groups in total. The van der Waals surface area contributed by atoms with E-state index >= 15 is 0 Å². The van der Waals surface area contributed by atoms with Crippen LogP contribution in [0.1, 0.15) is 37.7 Å². The van der Waals surface area contributed by atoms with Crippen molar-refractivity contribution in [3.63, 3.8) is 0 Å². The van der Waals surface area contributed by atoms with Crippen molar-refractivity contribution in [2.24, 2.45) is 5.73 Å². The zero-order valence-electron chi connectivity index (χ0n) is 10.0. The summed E-state index contributed by atoms with van der Waals surface area (Å²) in [7, 11) is 1.46. The fourth-order valence-electron chi connectivity index (χ4n) is 2.66. The number of phenolic OH excluding ortho intramolecular Hbond substituents is 1. The van der Waals surface area contributed by atoms with E-state index in [0.29, 0.717) is 11.3 Å². The van der Waals surface area contributed by atoms with Crippen molar-refractivity contribution in [2.45, 2.75) is 37.6 Å². The van der Waals surface area contributed by atoms with E-state index in [2.05, 4.69) is 0 Å². The maximum Gasteiger partial charge on any atom is 0.130 e. The van der Waals surface area contributed by atoms with Crippen molar-refractivity contribution in [2.75, 3.05) is 7.11 Å². The number of halogens is 1. The number of benzene rings is 1. The van der Waals surface area contributed by atoms with Crippen LogP contribution < -0.4 is 10.5 Å². The molecule has 2 rings (SSSR count). The highest BCUT2D eigenvalue weighted by Gasteiger charge is 2.35. The van der Waals surface area contributed by atoms with Gasteiger partial charge in [-0.3, -0.25) is 0 Å². The number of hydrogen-bond donors (Lipinski definition) is 2. The first kappa shape index (κ1) is 12.2. The highest BCUT2D eigenvalue weighted by molar-refractivity contribution is 5.49. The van der Waals surface area contributed by atoms with Crippen molar-refractivity contribution in [3.8, 4) is 11.5 Å². The normalized spacial score (nSPS) is 19.0. The van der Waals surface area contributed by atoms with Crippen LogP contribution in [0.25, 0.3) is 0 Å². The predicted molar refractivity (Wildman–Crippen MR) is 63.6 cm³/mol. The Morgan fingerprint density at radius 2 is 1.94 bits per heavy atom. The highest BCUT2D eigenvalue weighted by atomic mass is 19.1. The Bertz CT molecular complexity index is 414. The first-order chi connectivity index (χ1) is 8.07. The molecule has 3 nitrogen and oxygen atoms in total. The van der Waals surface area contributed by atoms with E-state index in [1.165, 1.54) is 13.2 Å². The molecule has 0 aromatic heterocycles. The monoisotopic (exact) mass is 239 g/mol. The summed E-state index contributed by atoms with van der Waals surface area (Å²) < 4.78 is 18.4. The predicted octanol–water partition coefficient (Wildman–Crippen LogP) is 2.66. The lowest BCUT2D eigenvalue weighted by atomic mass is 9.76. The van der Waals surface area contributed by atoms with Crippen LogP contribution >= 0.6 is 0 Å². The van der Waals surface area contributed by atoms with Crippen molar-refractivity contribution >= 4 is 0 Å². The number of hydrogen-bond acceptors (Lipinski definition) is 3. The van der Waals surface area contributed by atoms with E-state index in [1.807, 2.05) is 0 Å². The maximum absolute atomic E-state index is 13.2. The molecule has 1 aromatic rings. The summed E-state index contributed by atoms with van der Waals surface area (Å²) in [6, 6.07) is 2.37. The first-order valence-corrected chi connectivity index (χ1v) is 5.93. The van der Waals surface area contributed by atoms with E-state index in [9.17, 15) is 9.50 Å².